The minimum atomic E-state index is -0.779. The molecular formula is C69H126O6. The Morgan fingerprint density at radius 3 is 0.773 bits per heavy atom. The first kappa shape index (κ1) is 72.4. The second-order valence-corrected chi connectivity index (χ2v) is 22.4. The topological polar surface area (TPSA) is 78.9 Å². The summed E-state index contributed by atoms with van der Waals surface area (Å²) in [5.74, 6) is -0.864. The van der Waals surface area contributed by atoms with Gasteiger partial charge < -0.3 is 14.2 Å². The van der Waals surface area contributed by atoms with Crippen LogP contribution in [-0.4, -0.2) is 37.2 Å². The van der Waals surface area contributed by atoms with Gasteiger partial charge in [-0.25, -0.2) is 0 Å². The highest BCUT2D eigenvalue weighted by Crippen LogP contribution is 2.17. The van der Waals surface area contributed by atoms with Crippen LogP contribution in [0.25, 0.3) is 0 Å². The van der Waals surface area contributed by atoms with Gasteiger partial charge in [-0.1, -0.05) is 281 Å². The van der Waals surface area contributed by atoms with Crippen LogP contribution in [0, 0.1) is 0 Å². The first-order valence-corrected chi connectivity index (χ1v) is 33.1. The summed E-state index contributed by atoms with van der Waals surface area (Å²) >= 11 is 0. The lowest BCUT2D eigenvalue weighted by Crippen LogP contribution is -2.30. The van der Waals surface area contributed by atoms with Gasteiger partial charge in [0, 0.05) is 19.3 Å². The van der Waals surface area contributed by atoms with Crippen LogP contribution < -0.4 is 0 Å². The molecule has 6 heteroatoms. The van der Waals surface area contributed by atoms with E-state index in [0.29, 0.717) is 19.3 Å². The lowest BCUT2D eigenvalue weighted by atomic mass is 10.1. The Morgan fingerprint density at radius 2 is 0.480 bits per heavy atom. The summed E-state index contributed by atoms with van der Waals surface area (Å²) < 4.78 is 17.0. The number of esters is 3. The molecule has 1 unspecified atom stereocenters. The van der Waals surface area contributed by atoms with Crippen molar-refractivity contribution in [3.05, 3.63) is 48.6 Å². The van der Waals surface area contributed by atoms with Gasteiger partial charge >= 0.3 is 17.9 Å². The second kappa shape index (κ2) is 63.9. The summed E-state index contributed by atoms with van der Waals surface area (Å²) in [7, 11) is 0. The molecule has 0 amide bonds. The zero-order valence-electron chi connectivity index (χ0n) is 50.3. The van der Waals surface area contributed by atoms with Crippen LogP contribution in [0.2, 0.25) is 0 Å². The Labute approximate surface area is 467 Å². The number of unbranched alkanes of at least 4 members (excludes halogenated alkanes) is 42. The molecule has 1 atom stereocenters. The maximum Gasteiger partial charge on any atom is 0.306 e. The molecule has 0 aliphatic carbocycles. The normalized spacial score (nSPS) is 12.3. The molecule has 0 aromatic rings. The van der Waals surface area contributed by atoms with Crippen molar-refractivity contribution in [3.63, 3.8) is 0 Å². The van der Waals surface area contributed by atoms with Gasteiger partial charge in [-0.3, -0.25) is 14.4 Å². The van der Waals surface area contributed by atoms with Crippen LogP contribution in [0.15, 0.2) is 48.6 Å². The van der Waals surface area contributed by atoms with Crippen molar-refractivity contribution < 1.29 is 28.6 Å². The molecular weight excluding hydrogens is 925 g/mol. The number of allylic oxidation sites excluding steroid dienone is 8. The number of hydrogen-bond acceptors (Lipinski definition) is 6. The van der Waals surface area contributed by atoms with Gasteiger partial charge in [-0.2, -0.15) is 0 Å². The third-order valence-corrected chi connectivity index (χ3v) is 14.8. The van der Waals surface area contributed by atoms with E-state index in [-0.39, 0.29) is 31.1 Å². The van der Waals surface area contributed by atoms with Gasteiger partial charge in [0.1, 0.15) is 13.2 Å². The average molecular weight is 1050 g/mol. The average Bonchev–Trinajstić information content (AvgIpc) is 3.41. The molecule has 0 bridgehead atoms. The number of hydrogen-bond donors (Lipinski definition) is 0. The number of carbonyl (C=O) groups excluding carboxylic acids is 3. The first-order chi connectivity index (χ1) is 37.0. The zero-order chi connectivity index (χ0) is 54.3. The zero-order valence-corrected chi connectivity index (χ0v) is 50.3. The van der Waals surface area contributed by atoms with Crippen LogP contribution in [0.4, 0.5) is 0 Å². The van der Waals surface area contributed by atoms with Gasteiger partial charge in [0.05, 0.1) is 0 Å². The Balaban J connectivity index is 4.35. The monoisotopic (exact) mass is 1050 g/mol. The number of rotatable bonds is 61. The molecule has 0 rings (SSSR count). The van der Waals surface area contributed by atoms with Crippen molar-refractivity contribution in [2.24, 2.45) is 0 Å². The van der Waals surface area contributed by atoms with Crippen molar-refractivity contribution in [1.29, 1.82) is 0 Å². The smallest absolute Gasteiger partial charge is 0.306 e. The maximum absolute atomic E-state index is 12.9. The maximum atomic E-state index is 12.9. The fourth-order valence-corrected chi connectivity index (χ4v) is 9.76. The van der Waals surface area contributed by atoms with Crippen LogP contribution >= 0.6 is 0 Å². The van der Waals surface area contributed by atoms with Crippen LogP contribution in [0.1, 0.15) is 355 Å². The Kier molecular flexibility index (Phi) is 61.7. The van der Waals surface area contributed by atoms with Gasteiger partial charge in [0.25, 0.3) is 0 Å². The SMILES string of the molecule is CCCCC/C=C\C/C=C\CCCCCCCCCCCC(=O)OC(COC(=O)CCCCCCCCC/C=C\CCCCCCCC)COC(=O)CCCCCCCCCCC/C=C\CCCCCCCCCC. The lowest BCUT2D eigenvalue weighted by Gasteiger charge is -2.18. The van der Waals surface area contributed by atoms with Crippen molar-refractivity contribution in [1.82, 2.24) is 0 Å². The van der Waals surface area contributed by atoms with E-state index in [9.17, 15) is 14.4 Å². The minimum absolute atomic E-state index is 0.0748. The predicted octanol–water partition coefficient (Wildman–Crippen LogP) is 22.6. The molecule has 0 heterocycles. The molecule has 0 saturated carbocycles. The lowest BCUT2D eigenvalue weighted by molar-refractivity contribution is -0.167. The van der Waals surface area contributed by atoms with Crippen molar-refractivity contribution >= 4 is 17.9 Å². The summed E-state index contributed by atoms with van der Waals surface area (Å²) in [4.78, 5) is 38.4. The van der Waals surface area contributed by atoms with Gasteiger partial charge in [0.15, 0.2) is 6.10 Å². The Bertz CT molecular complexity index is 1300. The Hall–Kier alpha value is -2.63. The highest BCUT2D eigenvalue weighted by Gasteiger charge is 2.19. The third-order valence-electron chi connectivity index (χ3n) is 14.8. The molecule has 438 valence electrons. The van der Waals surface area contributed by atoms with Crippen LogP contribution in [0.5, 0.6) is 0 Å². The van der Waals surface area contributed by atoms with E-state index in [1.807, 2.05) is 0 Å². The molecule has 0 N–H and O–H groups in total. The van der Waals surface area contributed by atoms with Gasteiger partial charge in [-0.05, 0) is 103 Å². The van der Waals surface area contributed by atoms with Crippen LogP contribution in [0.3, 0.4) is 0 Å². The van der Waals surface area contributed by atoms with E-state index < -0.39 is 6.10 Å². The highest BCUT2D eigenvalue weighted by molar-refractivity contribution is 5.71. The summed E-state index contributed by atoms with van der Waals surface area (Å²) in [6, 6.07) is 0. The van der Waals surface area contributed by atoms with E-state index in [1.54, 1.807) is 0 Å². The highest BCUT2D eigenvalue weighted by atomic mass is 16.6. The van der Waals surface area contributed by atoms with E-state index in [4.69, 9.17) is 14.2 Å². The molecule has 0 aliphatic rings. The van der Waals surface area contributed by atoms with Crippen LogP contribution in [-0.2, 0) is 28.6 Å². The quantitative estimate of drug-likeness (QED) is 0.0261. The second-order valence-electron chi connectivity index (χ2n) is 22.4. The Morgan fingerprint density at radius 1 is 0.267 bits per heavy atom. The fourth-order valence-electron chi connectivity index (χ4n) is 9.76. The van der Waals surface area contributed by atoms with E-state index in [1.165, 1.54) is 250 Å². The third kappa shape index (κ3) is 62.1. The molecule has 0 fully saturated rings. The largest absolute Gasteiger partial charge is 0.462 e. The molecule has 0 aliphatic heterocycles. The standard InChI is InChI=1S/C69H126O6/c1-4-7-10-13-16-19-22-25-28-31-33-34-36-38-41-44-47-50-53-56-59-62-68(71)74-65-66(64-73-67(70)61-58-55-52-49-46-43-40-37-30-27-24-21-18-15-12-9-6-3)75-69(72)63-60-57-54-51-48-45-42-39-35-32-29-26-23-20-17-14-11-8-5-2/h17,20,26-27,29-31,33,66H,4-16,18-19,21-25,28,32,34-65H2,1-3H3/b20-17-,29-26-,30-27-,33-31-. The minimum Gasteiger partial charge on any atom is -0.462 e. The van der Waals surface area contributed by atoms with Crippen molar-refractivity contribution in [2.75, 3.05) is 13.2 Å². The van der Waals surface area contributed by atoms with Crippen molar-refractivity contribution in [2.45, 2.75) is 361 Å². The van der Waals surface area contributed by atoms with E-state index in [0.717, 1.165) is 64.2 Å². The molecule has 0 radical (unpaired) electrons. The molecule has 0 saturated heterocycles. The first-order valence-electron chi connectivity index (χ1n) is 33.1. The number of carbonyl (C=O) groups is 3. The fraction of sp³-hybridized carbons (Fsp3) is 0.841. The van der Waals surface area contributed by atoms with Crippen molar-refractivity contribution in [3.8, 4) is 0 Å². The van der Waals surface area contributed by atoms with E-state index in [2.05, 4.69) is 69.4 Å². The van der Waals surface area contributed by atoms with Gasteiger partial charge in [0.2, 0.25) is 0 Å². The molecule has 0 aromatic carbocycles. The molecule has 0 spiro atoms. The molecule has 75 heavy (non-hydrogen) atoms. The van der Waals surface area contributed by atoms with E-state index >= 15 is 0 Å². The predicted molar refractivity (Wildman–Crippen MR) is 325 cm³/mol. The van der Waals surface area contributed by atoms with Gasteiger partial charge in [-0.15, -0.1) is 0 Å². The molecule has 6 nitrogen and oxygen atoms in total. The number of ether oxygens (including phenoxy) is 3. The summed E-state index contributed by atoms with van der Waals surface area (Å²) in [6.45, 7) is 6.66. The summed E-state index contributed by atoms with van der Waals surface area (Å²) in [5.41, 5.74) is 0. The summed E-state index contributed by atoms with van der Waals surface area (Å²) in [6.07, 6.45) is 79.7. The summed E-state index contributed by atoms with van der Waals surface area (Å²) in [5, 5.41) is 0. The molecule has 0 aromatic heterocycles.